The van der Waals surface area contributed by atoms with Crippen LogP contribution in [0.5, 0.6) is 0 Å². The van der Waals surface area contributed by atoms with Crippen LogP contribution in [-0.4, -0.2) is 46.7 Å². The van der Waals surface area contributed by atoms with Gasteiger partial charge in [0.1, 0.15) is 10.7 Å². The monoisotopic (exact) mass is 440 g/mol. The Balaban J connectivity index is 1.54. The summed E-state index contributed by atoms with van der Waals surface area (Å²) in [5, 5.41) is 18.6. The molecule has 0 radical (unpaired) electrons. The summed E-state index contributed by atoms with van der Waals surface area (Å²) in [5.74, 6) is -3.33. The van der Waals surface area contributed by atoms with Crippen LogP contribution in [0.2, 0.25) is 0 Å². The number of aliphatic carboxylic acids is 1. The minimum atomic E-state index is -1.62. The molecule has 1 aromatic carbocycles. The van der Waals surface area contributed by atoms with Gasteiger partial charge in [0.25, 0.3) is 5.91 Å². The molecule has 160 valence electrons. The number of H-pyrrole nitrogens is 1. The van der Waals surface area contributed by atoms with E-state index in [1.54, 1.807) is 6.07 Å². The zero-order chi connectivity index (χ0) is 22.1. The maximum atomic E-state index is 12.6. The van der Waals surface area contributed by atoms with Gasteiger partial charge >= 0.3 is 11.9 Å². The van der Waals surface area contributed by atoms with Crippen LogP contribution in [0.25, 0.3) is 10.9 Å². The summed E-state index contributed by atoms with van der Waals surface area (Å²) in [5.41, 5.74) is 2.43. The number of aromatic nitrogens is 1. The first-order valence-electron chi connectivity index (χ1n) is 9.65. The Morgan fingerprint density at radius 3 is 2.71 bits per heavy atom. The number of Topliss-reactive ketones (excluding diaryl/α,β-unsaturated/α-hetero) is 1. The zero-order valence-corrected chi connectivity index (χ0v) is 17.4. The number of thiophene rings is 1. The minimum Gasteiger partial charge on any atom is -0.474 e. The SMILES string of the molecule is CC(=O)c1c(NC(=O)C(=O)O)sc2c1CCNC2CNC(=O)c1cc2ccccc2[nH]1. The van der Waals surface area contributed by atoms with Crippen molar-refractivity contribution in [2.24, 2.45) is 0 Å². The quantitative estimate of drug-likeness (QED) is 0.304. The second kappa shape index (κ2) is 8.32. The molecule has 1 aliphatic rings. The van der Waals surface area contributed by atoms with Gasteiger partial charge in [-0.1, -0.05) is 18.2 Å². The third-order valence-electron chi connectivity index (χ3n) is 5.14. The number of aromatic amines is 1. The Kier molecular flexibility index (Phi) is 5.57. The zero-order valence-electron chi connectivity index (χ0n) is 16.6. The first-order chi connectivity index (χ1) is 14.8. The third kappa shape index (κ3) is 4.07. The highest BCUT2D eigenvalue weighted by atomic mass is 32.1. The Bertz CT molecular complexity index is 1180. The number of rotatable bonds is 5. The van der Waals surface area contributed by atoms with Gasteiger partial charge in [-0.2, -0.15) is 0 Å². The van der Waals surface area contributed by atoms with Crippen molar-refractivity contribution in [2.45, 2.75) is 19.4 Å². The summed E-state index contributed by atoms with van der Waals surface area (Å²) in [6, 6.07) is 9.11. The van der Waals surface area contributed by atoms with E-state index in [4.69, 9.17) is 5.11 Å². The smallest absolute Gasteiger partial charge is 0.394 e. The van der Waals surface area contributed by atoms with E-state index in [0.717, 1.165) is 32.7 Å². The number of benzene rings is 1. The standard InChI is InChI=1S/C21H20N4O5S/c1-10(26)16-12-6-7-22-15(17(12)31-20(16)25-19(28)21(29)30)9-23-18(27)14-8-11-4-2-3-5-13(11)24-14/h2-5,8,15,22,24H,6-7,9H2,1H3,(H,23,27)(H,25,28)(H,29,30). The molecule has 9 nitrogen and oxygen atoms in total. The van der Waals surface area contributed by atoms with Gasteiger partial charge in [0.05, 0.1) is 11.6 Å². The number of carboxylic acids is 1. The predicted octanol–water partition coefficient (Wildman–Crippen LogP) is 2.07. The molecule has 0 saturated carbocycles. The van der Waals surface area contributed by atoms with Gasteiger partial charge in [-0.3, -0.25) is 14.4 Å². The van der Waals surface area contributed by atoms with Crippen LogP contribution in [0.1, 0.15) is 44.3 Å². The molecule has 0 aliphatic carbocycles. The highest BCUT2D eigenvalue weighted by molar-refractivity contribution is 7.17. The molecule has 10 heteroatoms. The van der Waals surface area contributed by atoms with Gasteiger partial charge in [-0.15, -0.1) is 11.3 Å². The minimum absolute atomic E-state index is 0.223. The summed E-state index contributed by atoms with van der Waals surface area (Å²) >= 11 is 1.16. The highest BCUT2D eigenvalue weighted by Crippen LogP contribution is 2.39. The lowest BCUT2D eigenvalue weighted by molar-refractivity contribution is -0.147. The summed E-state index contributed by atoms with van der Waals surface area (Å²) < 4.78 is 0. The highest BCUT2D eigenvalue weighted by Gasteiger charge is 2.30. The number of fused-ring (bicyclic) bond motifs is 2. The number of carbonyl (C=O) groups excluding carboxylic acids is 3. The number of hydrogen-bond donors (Lipinski definition) is 5. The van der Waals surface area contributed by atoms with Crippen LogP contribution in [-0.2, 0) is 16.0 Å². The lowest BCUT2D eigenvalue weighted by atomic mass is 9.97. The van der Waals surface area contributed by atoms with Crippen molar-refractivity contribution in [1.82, 2.24) is 15.6 Å². The van der Waals surface area contributed by atoms with Gasteiger partial charge in [0, 0.05) is 22.3 Å². The van der Waals surface area contributed by atoms with E-state index in [1.807, 2.05) is 24.3 Å². The average Bonchev–Trinajstić information content (AvgIpc) is 3.33. The maximum absolute atomic E-state index is 12.6. The molecule has 3 heterocycles. The lowest BCUT2D eigenvalue weighted by Crippen LogP contribution is -2.38. The fraction of sp³-hybridized carbons (Fsp3) is 0.238. The van der Waals surface area contributed by atoms with Crippen LogP contribution in [0.3, 0.4) is 0 Å². The average molecular weight is 440 g/mol. The molecule has 0 spiro atoms. The van der Waals surface area contributed by atoms with Crippen LogP contribution < -0.4 is 16.0 Å². The van der Waals surface area contributed by atoms with Crippen molar-refractivity contribution >= 4 is 50.8 Å². The van der Waals surface area contributed by atoms with E-state index in [1.165, 1.54) is 6.92 Å². The van der Waals surface area contributed by atoms with E-state index in [2.05, 4.69) is 20.9 Å². The van der Waals surface area contributed by atoms with Gasteiger partial charge in [-0.25, -0.2) is 4.79 Å². The van der Waals surface area contributed by atoms with Crippen LogP contribution in [0.15, 0.2) is 30.3 Å². The van der Waals surface area contributed by atoms with E-state index in [9.17, 15) is 19.2 Å². The van der Waals surface area contributed by atoms with E-state index < -0.39 is 11.9 Å². The topological polar surface area (TPSA) is 140 Å². The molecule has 1 atom stereocenters. The number of nitrogens with one attached hydrogen (secondary N) is 4. The molecule has 0 fully saturated rings. The molecule has 0 saturated heterocycles. The normalized spacial score (nSPS) is 15.3. The van der Waals surface area contributed by atoms with Crippen molar-refractivity contribution in [3.05, 3.63) is 52.0 Å². The molecular formula is C21H20N4O5S. The first kappa shape index (κ1) is 20.8. The molecule has 1 unspecified atom stereocenters. The predicted molar refractivity (Wildman–Crippen MR) is 116 cm³/mol. The maximum Gasteiger partial charge on any atom is 0.394 e. The van der Waals surface area contributed by atoms with Gasteiger partial charge in [0.2, 0.25) is 0 Å². The van der Waals surface area contributed by atoms with Gasteiger partial charge in [-0.05, 0) is 37.6 Å². The van der Waals surface area contributed by atoms with Crippen LogP contribution in [0, 0.1) is 0 Å². The van der Waals surface area contributed by atoms with Crippen LogP contribution in [0.4, 0.5) is 5.00 Å². The van der Waals surface area contributed by atoms with E-state index in [0.29, 0.717) is 24.2 Å². The van der Waals surface area contributed by atoms with Crippen molar-refractivity contribution in [2.75, 3.05) is 18.4 Å². The van der Waals surface area contributed by atoms with Crippen molar-refractivity contribution < 1.29 is 24.3 Å². The number of amides is 2. The fourth-order valence-corrected chi connectivity index (χ4v) is 5.11. The van der Waals surface area contributed by atoms with E-state index in [-0.39, 0.29) is 29.3 Å². The van der Waals surface area contributed by atoms with Crippen molar-refractivity contribution in [3.8, 4) is 0 Å². The summed E-state index contributed by atoms with van der Waals surface area (Å²) in [6.45, 7) is 2.24. The lowest BCUT2D eigenvalue weighted by Gasteiger charge is -2.24. The van der Waals surface area contributed by atoms with Crippen molar-refractivity contribution in [1.29, 1.82) is 0 Å². The summed E-state index contributed by atoms with van der Waals surface area (Å²) in [4.78, 5) is 51.3. The molecule has 3 aromatic rings. The summed E-state index contributed by atoms with van der Waals surface area (Å²) in [7, 11) is 0. The van der Waals surface area contributed by atoms with Gasteiger partial charge in [0.15, 0.2) is 5.78 Å². The Hall–Kier alpha value is -3.50. The first-order valence-corrected chi connectivity index (χ1v) is 10.5. The van der Waals surface area contributed by atoms with Gasteiger partial charge < -0.3 is 26.0 Å². The number of carboxylic acid groups (broad SMARTS) is 1. The Morgan fingerprint density at radius 2 is 2.00 bits per heavy atom. The molecule has 1 aliphatic heterocycles. The molecule has 4 rings (SSSR count). The Morgan fingerprint density at radius 1 is 1.23 bits per heavy atom. The van der Waals surface area contributed by atoms with Crippen LogP contribution >= 0.6 is 11.3 Å². The molecule has 31 heavy (non-hydrogen) atoms. The number of carbonyl (C=O) groups is 4. The number of hydrogen-bond acceptors (Lipinski definition) is 6. The molecule has 0 bridgehead atoms. The fourth-order valence-electron chi connectivity index (χ4n) is 3.74. The Labute approximate surface area is 180 Å². The number of para-hydroxylation sites is 1. The number of ketones is 1. The molecular weight excluding hydrogens is 420 g/mol. The molecule has 5 N–H and O–H groups in total. The number of anilines is 1. The molecule has 2 aromatic heterocycles. The second-order valence-electron chi connectivity index (χ2n) is 7.20. The largest absolute Gasteiger partial charge is 0.474 e. The summed E-state index contributed by atoms with van der Waals surface area (Å²) in [6.07, 6.45) is 0.566. The third-order valence-corrected chi connectivity index (χ3v) is 6.40. The van der Waals surface area contributed by atoms with E-state index >= 15 is 0 Å². The molecule has 2 amide bonds. The van der Waals surface area contributed by atoms with Crippen molar-refractivity contribution in [3.63, 3.8) is 0 Å². The second-order valence-corrected chi connectivity index (χ2v) is 8.25.